The number of thiophene rings is 1. The SMILES string of the molecule is Cc1cccc(-c2nn(CC(=O)Nc3cccc(F)c3)cc2-c2cc3cnccc3s2)n1. The lowest BCUT2D eigenvalue weighted by Gasteiger charge is -2.05. The highest BCUT2D eigenvalue weighted by Crippen LogP contribution is 2.37. The van der Waals surface area contributed by atoms with Crippen LogP contribution in [0.15, 0.2) is 73.2 Å². The molecule has 0 aliphatic rings. The first-order chi connectivity index (χ1) is 15.5. The number of nitrogens with zero attached hydrogens (tertiary/aromatic N) is 4. The van der Waals surface area contributed by atoms with E-state index >= 15 is 0 Å². The van der Waals surface area contributed by atoms with Crippen LogP contribution in [0.25, 0.3) is 31.9 Å². The monoisotopic (exact) mass is 443 g/mol. The molecule has 5 aromatic rings. The van der Waals surface area contributed by atoms with E-state index in [0.717, 1.165) is 31.9 Å². The van der Waals surface area contributed by atoms with Crippen LogP contribution in [0.3, 0.4) is 0 Å². The van der Waals surface area contributed by atoms with Crippen LogP contribution in [0.2, 0.25) is 0 Å². The Bertz CT molecular complexity index is 1410. The standard InChI is InChI=1S/C24H18FN5OS/c1-15-4-2-7-20(27-15)24-19(22-10-16-12-26-9-8-21(16)32-22)13-30(29-24)14-23(31)28-18-6-3-5-17(25)11-18/h2-13H,14H2,1H3,(H,28,31). The molecule has 4 aromatic heterocycles. The number of pyridine rings is 2. The molecule has 0 atom stereocenters. The van der Waals surface area contributed by atoms with Crippen LogP contribution in [0.4, 0.5) is 10.1 Å². The number of aromatic nitrogens is 4. The molecule has 0 saturated carbocycles. The number of halogens is 1. The third-order valence-corrected chi connectivity index (χ3v) is 6.04. The molecular formula is C24H18FN5OS. The molecule has 0 radical (unpaired) electrons. The maximum absolute atomic E-state index is 13.4. The minimum atomic E-state index is -0.406. The van der Waals surface area contributed by atoms with Gasteiger partial charge in [0.05, 0.1) is 5.69 Å². The topological polar surface area (TPSA) is 72.7 Å². The second kappa shape index (κ2) is 8.32. The van der Waals surface area contributed by atoms with Crippen molar-refractivity contribution in [1.29, 1.82) is 0 Å². The van der Waals surface area contributed by atoms with Gasteiger partial charge in [0.1, 0.15) is 18.1 Å². The summed E-state index contributed by atoms with van der Waals surface area (Å²) in [5.41, 5.74) is 3.61. The van der Waals surface area contributed by atoms with Gasteiger partial charge in [-0.05, 0) is 49.4 Å². The van der Waals surface area contributed by atoms with Crippen molar-refractivity contribution in [2.24, 2.45) is 0 Å². The first-order valence-corrected chi connectivity index (χ1v) is 10.8. The highest BCUT2D eigenvalue weighted by Gasteiger charge is 2.18. The molecule has 0 saturated heterocycles. The van der Waals surface area contributed by atoms with Crippen LogP contribution in [0, 0.1) is 12.7 Å². The molecule has 1 N–H and O–H groups in total. The number of carbonyl (C=O) groups excluding carboxylic acids is 1. The van der Waals surface area contributed by atoms with Crippen molar-refractivity contribution in [1.82, 2.24) is 19.7 Å². The van der Waals surface area contributed by atoms with Crippen LogP contribution in [0.5, 0.6) is 0 Å². The lowest BCUT2D eigenvalue weighted by Crippen LogP contribution is -2.19. The van der Waals surface area contributed by atoms with E-state index in [1.54, 1.807) is 34.3 Å². The Kier molecular flexibility index (Phi) is 5.20. The average molecular weight is 444 g/mol. The summed E-state index contributed by atoms with van der Waals surface area (Å²) in [6.07, 6.45) is 5.45. The first-order valence-electron chi connectivity index (χ1n) is 9.96. The Balaban J connectivity index is 1.51. The van der Waals surface area contributed by atoms with Crippen molar-refractivity contribution in [3.63, 3.8) is 0 Å². The normalized spacial score (nSPS) is 11.1. The van der Waals surface area contributed by atoms with Gasteiger partial charge in [-0.15, -0.1) is 11.3 Å². The lowest BCUT2D eigenvalue weighted by atomic mass is 10.1. The number of amides is 1. The van der Waals surface area contributed by atoms with Crippen LogP contribution in [-0.4, -0.2) is 25.7 Å². The van der Waals surface area contributed by atoms with Gasteiger partial charge in [-0.25, -0.2) is 4.39 Å². The van der Waals surface area contributed by atoms with Crippen molar-refractivity contribution in [2.45, 2.75) is 13.5 Å². The Morgan fingerprint density at radius 2 is 2.03 bits per heavy atom. The van der Waals surface area contributed by atoms with E-state index in [4.69, 9.17) is 0 Å². The number of hydrogen-bond donors (Lipinski definition) is 1. The number of rotatable bonds is 5. The zero-order valence-corrected chi connectivity index (χ0v) is 17.9. The molecule has 0 aliphatic carbocycles. The Hall–Kier alpha value is -3.91. The summed E-state index contributed by atoms with van der Waals surface area (Å²) in [6.45, 7) is 1.92. The van der Waals surface area contributed by atoms with Crippen LogP contribution in [-0.2, 0) is 11.3 Å². The summed E-state index contributed by atoms with van der Waals surface area (Å²) in [4.78, 5) is 22.4. The maximum Gasteiger partial charge on any atom is 0.246 e. The third kappa shape index (κ3) is 4.13. The van der Waals surface area contributed by atoms with E-state index in [2.05, 4.69) is 26.4 Å². The molecule has 0 fully saturated rings. The van der Waals surface area contributed by atoms with Gasteiger partial charge in [-0.1, -0.05) is 12.1 Å². The van der Waals surface area contributed by atoms with Crippen molar-refractivity contribution < 1.29 is 9.18 Å². The fourth-order valence-electron chi connectivity index (χ4n) is 3.48. The third-order valence-electron chi connectivity index (χ3n) is 4.89. The summed E-state index contributed by atoms with van der Waals surface area (Å²) >= 11 is 1.64. The van der Waals surface area contributed by atoms with Crippen molar-refractivity contribution >= 4 is 33.0 Å². The molecule has 0 spiro atoms. The average Bonchev–Trinajstić information content (AvgIpc) is 3.37. The van der Waals surface area contributed by atoms with E-state index in [9.17, 15) is 9.18 Å². The number of benzene rings is 1. The van der Waals surface area contributed by atoms with Gasteiger partial charge >= 0.3 is 0 Å². The molecular weight excluding hydrogens is 425 g/mol. The maximum atomic E-state index is 13.4. The number of anilines is 1. The molecule has 1 aromatic carbocycles. The van der Waals surface area contributed by atoms with E-state index in [-0.39, 0.29) is 12.5 Å². The van der Waals surface area contributed by atoms with Gasteiger partial charge in [-0.3, -0.25) is 19.4 Å². The quantitative estimate of drug-likeness (QED) is 0.400. The summed E-state index contributed by atoms with van der Waals surface area (Å²) in [6, 6.07) is 15.6. The minimum Gasteiger partial charge on any atom is -0.324 e. The molecule has 6 nitrogen and oxygen atoms in total. The smallest absolute Gasteiger partial charge is 0.246 e. The number of aryl methyl sites for hydroxylation is 1. The molecule has 5 rings (SSSR count). The largest absolute Gasteiger partial charge is 0.324 e. The zero-order valence-electron chi connectivity index (χ0n) is 17.1. The van der Waals surface area contributed by atoms with Gasteiger partial charge in [0.25, 0.3) is 0 Å². The summed E-state index contributed by atoms with van der Waals surface area (Å²) in [5.74, 6) is -0.704. The van der Waals surface area contributed by atoms with E-state index in [0.29, 0.717) is 11.4 Å². The molecule has 32 heavy (non-hydrogen) atoms. The van der Waals surface area contributed by atoms with Crippen LogP contribution >= 0.6 is 11.3 Å². The molecule has 4 heterocycles. The Morgan fingerprint density at radius 3 is 2.84 bits per heavy atom. The predicted molar refractivity (Wildman–Crippen MR) is 124 cm³/mol. The predicted octanol–water partition coefficient (Wildman–Crippen LogP) is 5.31. The highest BCUT2D eigenvalue weighted by atomic mass is 32.1. The summed E-state index contributed by atoms with van der Waals surface area (Å²) in [5, 5.41) is 8.44. The molecule has 0 unspecified atom stereocenters. The molecule has 8 heteroatoms. The van der Waals surface area contributed by atoms with Crippen molar-refractivity contribution in [3.8, 4) is 21.8 Å². The van der Waals surface area contributed by atoms with Crippen molar-refractivity contribution in [3.05, 3.63) is 84.7 Å². The fraction of sp³-hybridized carbons (Fsp3) is 0.0833. The summed E-state index contributed by atoms with van der Waals surface area (Å²) < 4.78 is 16.1. The van der Waals surface area contributed by atoms with E-state index < -0.39 is 5.82 Å². The lowest BCUT2D eigenvalue weighted by molar-refractivity contribution is -0.116. The number of hydrogen-bond acceptors (Lipinski definition) is 5. The fourth-order valence-corrected chi connectivity index (χ4v) is 4.52. The number of nitrogens with one attached hydrogen (secondary N) is 1. The molecule has 1 amide bonds. The van der Waals surface area contributed by atoms with E-state index in [1.165, 1.54) is 12.1 Å². The second-order valence-corrected chi connectivity index (χ2v) is 8.42. The van der Waals surface area contributed by atoms with Gasteiger partial charge in [0.15, 0.2) is 0 Å². The zero-order chi connectivity index (χ0) is 22.1. The van der Waals surface area contributed by atoms with Gasteiger partial charge < -0.3 is 5.32 Å². The minimum absolute atomic E-state index is 0.0121. The Morgan fingerprint density at radius 1 is 1.16 bits per heavy atom. The molecule has 0 bridgehead atoms. The van der Waals surface area contributed by atoms with Gasteiger partial charge in [0, 0.05) is 50.5 Å². The van der Waals surface area contributed by atoms with Crippen molar-refractivity contribution in [2.75, 3.05) is 5.32 Å². The van der Waals surface area contributed by atoms with Gasteiger partial charge in [-0.2, -0.15) is 5.10 Å². The molecule has 158 valence electrons. The molecule has 0 aliphatic heterocycles. The number of carbonyl (C=O) groups is 1. The van der Waals surface area contributed by atoms with Crippen LogP contribution < -0.4 is 5.32 Å². The van der Waals surface area contributed by atoms with Gasteiger partial charge in [0.2, 0.25) is 5.91 Å². The van der Waals surface area contributed by atoms with Crippen LogP contribution in [0.1, 0.15) is 5.69 Å². The first kappa shape index (κ1) is 20.0. The highest BCUT2D eigenvalue weighted by molar-refractivity contribution is 7.22. The Labute approximate surface area is 187 Å². The number of fused-ring (bicyclic) bond motifs is 1. The van der Waals surface area contributed by atoms with E-state index in [1.807, 2.05) is 43.6 Å². The second-order valence-electron chi connectivity index (χ2n) is 7.34. The summed E-state index contributed by atoms with van der Waals surface area (Å²) in [7, 11) is 0.